The van der Waals surface area contributed by atoms with Crippen LogP contribution in [-0.4, -0.2) is 33.0 Å². The van der Waals surface area contributed by atoms with Gasteiger partial charge in [-0.25, -0.2) is 0 Å². The van der Waals surface area contributed by atoms with Crippen LogP contribution in [0.15, 0.2) is 61.3 Å². The average Bonchev–Trinajstić information content (AvgIpc) is 3.15. The van der Waals surface area contributed by atoms with Crippen LogP contribution in [0, 0.1) is 0 Å². The molecule has 4 aromatic rings. The van der Waals surface area contributed by atoms with E-state index >= 15 is 0 Å². The van der Waals surface area contributed by atoms with Gasteiger partial charge in [-0.15, -0.1) is 0 Å². The third-order valence-electron chi connectivity index (χ3n) is 4.72. The lowest BCUT2D eigenvalue weighted by Gasteiger charge is -2.12. The monoisotopic (exact) mass is 400 g/mol. The molecule has 0 amide bonds. The number of benzene rings is 2. The molecule has 4 rings (SSSR count). The summed E-state index contributed by atoms with van der Waals surface area (Å²) in [5.74, 6) is 0.619. The Bertz CT molecular complexity index is 1200. The maximum Gasteiger partial charge on any atom is 0.317 e. The lowest BCUT2D eigenvalue weighted by molar-refractivity contribution is 0.299. The van der Waals surface area contributed by atoms with Crippen molar-refractivity contribution in [3.63, 3.8) is 0 Å². The minimum absolute atomic E-state index is 0.347. The quantitative estimate of drug-likeness (QED) is 0.404. The summed E-state index contributed by atoms with van der Waals surface area (Å²) in [6.07, 6.45) is 1.98. The van der Waals surface area contributed by atoms with Crippen molar-refractivity contribution in [1.82, 2.24) is 19.7 Å². The molecule has 0 aliphatic carbocycles. The Labute approximate surface area is 175 Å². The lowest BCUT2D eigenvalue weighted by atomic mass is 10.0. The van der Waals surface area contributed by atoms with Gasteiger partial charge >= 0.3 is 6.01 Å². The predicted octanol–water partition coefficient (Wildman–Crippen LogP) is 5.10. The van der Waals surface area contributed by atoms with Crippen LogP contribution in [0.2, 0.25) is 0 Å². The highest BCUT2D eigenvalue weighted by molar-refractivity contribution is 5.97. The number of aryl methyl sites for hydroxylation is 1. The highest BCUT2D eigenvalue weighted by Gasteiger charge is 2.19. The topological polar surface area (TPSA) is 62.1 Å². The molecule has 2 aromatic carbocycles. The van der Waals surface area contributed by atoms with Crippen molar-refractivity contribution in [1.29, 1.82) is 0 Å². The molecule has 0 atom stereocenters. The van der Waals surface area contributed by atoms with Crippen LogP contribution in [0.1, 0.15) is 19.4 Å². The van der Waals surface area contributed by atoms with Gasteiger partial charge in [-0.3, -0.25) is 4.68 Å². The van der Waals surface area contributed by atoms with Crippen LogP contribution < -0.4 is 4.74 Å². The molecule has 6 heteroatoms. The zero-order valence-corrected chi connectivity index (χ0v) is 17.4. The first-order valence-corrected chi connectivity index (χ1v) is 9.96. The minimum atomic E-state index is 0.347. The van der Waals surface area contributed by atoms with E-state index in [-0.39, 0.29) is 0 Å². The van der Waals surface area contributed by atoms with E-state index in [1.165, 1.54) is 0 Å². The molecular formula is C24H24N4O2. The molecule has 0 saturated carbocycles. The Balaban J connectivity index is 1.97. The second-order valence-corrected chi connectivity index (χ2v) is 6.81. The van der Waals surface area contributed by atoms with E-state index in [0.29, 0.717) is 25.0 Å². The molecule has 0 radical (unpaired) electrons. The molecule has 0 unspecified atom stereocenters. The van der Waals surface area contributed by atoms with Crippen LogP contribution in [0.25, 0.3) is 39.2 Å². The third-order valence-corrected chi connectivity index (χ3v) is 4.72. The molecule has 0 bridgehead atoms. The maximum absolute atomic E-state index is 5.65. The van der Waals surface area contributed by atoms with E-state index in [1.807, 2.05) is 75.6 Å². The fourth-order valence-electron chi connectivity index (χ4n) is 3.41. The van der Waals surface area contributed by atoms with Crippen molar-refractivity contribution in [2.75, 3.05) is 13.2 Å². The van der Waals surface area contributed by atoms with E-state index < -0.39 is 0 Å². The second kappa shape index (κ2) is 8.37. The standard InChI is InChI=1S/C24H24N4O2/c1-5-29-16(3)18-12-13-21-19(14-18)23(26-24(25-21)30-6-2)20-15-28(4)27-22(20)17-10-8-7-9-11-17/h7-15H,3,5-6H2,1-2,4H3. The van der Waals surface area contributed by atoms with Crippen LogP contribution in [0.5, 0.6) is 6.01 Å². The van der Waals surface area contributed by atoms with Gasteiger partial charge in [-0.2, -0.15) is 15.1 Å². The van der Waals surface area contributed by atoms with Gasteiger partial charge in [0.05, 0.1) is 24.4 Å². The zero-order chi connectivity index (χ0) is 21.1. The summed E-state index contributed by atoms with van der Waals surface area (Å²) < 4.78 is 13.1. The van der Waals surface area contributed by atoms with Crippen molar-refractivity contribution in [3.8, 4) is 28.5 Å². The van der Waals surface area contributed by atoms with Crippen molar-refractivity contribution in [2.45, 2.75) is 13.8 Å². The molecule has 0 fully saturated rings. The summed E-state index contributed by atoms with van der Waals surface area (Å²) in [6.45, 7) is 8.94. The molecule has 2 aromatic heterocycles. The Morgan fingerprint density at radius 1 is 1.00 bits per heavy atom. The Morgan fingerprint density at radius 3 is 2.53 bits per heavy atom. The molecule has 0 aliphatic heterocycles. The number of ether oxygens (including phenoxy) is 2. The lowest BCUT2D eigenvalue weighted by Crippen LogP contribution is -2.01. The molecule has 0 aliphatic rings. The number of hydrogen-bond acceptors (Lipinski definition) is 5. The van der Waals surface area contributed by atoms with Gasteiger partial charge < -0.3 is 9.47 Å². The number of fused-ring (bicyclic) bond motifs is 1. The largest absolute Gasteiger partial charge is 0.494 e. The average molecular weight is 400 g/mol. The predicted molar refractivity (Wildman–Crippen MR) is 119 cm³/mol. The molecule has 6 nitrogen and oxygen atoms in total. The number of rotatable bonds is 7. The summed E-state index contributed by atoms with van der Waals surface area (Å²) in [6, 6.07) is 16.3. The van der Waals surface area contributed by atoms with Crippen molar-refractivity contribution >= 4 is 16.7 Å². The van der Waals surface area contributed by atoms with E-state index in [1.54, 1.807) is 4.68 Å². The Morgan fingerprint density at radius 2 is 1.80 bits per heavy atom. The molecule has 152 valence electrons. The number of aromatic nitrogens is 4. The Hall–Kier alpha value is -3.67. The molecule has 0 spiro atoms. The van der Waals surface area contributed by atoms with E-state index in [9.17, 15) is 0 Å². The summed E-state index contributed by atoms with van der Waals surface area (Å²) >= 11 is 0. The zero-order valence-electron chi connectivity index (χ0n) is 17.4. The van der Waals surface area contributed by atoms with Crippen LogP contribution >= 0.6 is 0 Å². The van der Waals surface area contributed by atoms with Gasteiger partial charge in [-0.1, -0.05) is 36.9 Å². The molecule has 0 saturated heterocycles. The number of nitrogens with zero attached hydrogens (tertiary/aromatic N) is 4. The first kappa shape index (κ1) is 19.6. The fraction of sp³-hybridized carbons (Fsp3) is 0.208. The van der Waals surface area contributed by atoms with E-state index in [0.717, 1.165) is 39.0 Å². The van der Waals surface area contributed by atoms with Gasteiger partial charge in [-0.05, 0) is 32.0 Å². The fourth-order valence-corrected chi connectivity index (χ4v) is 3.41. The minimum Gasteiger partial charge on any atom is -0.494 e. The Kier molecular flexibility index (Phi) is 5.48. The van der Waals surface area contributed by atoms with Gasteiger partial charge in [0, 0.05) is 35.3 Å². The van der Waals surface area contributed by atoms with Crippen molar-refractivity contribution in [2.24, 2.45) is 7.05 Å². The highest BCUT2D eigenvalue weighted by atomic mass is 16.5. The van der Waals surface area contributed by atoms with Crippen LogP contribution in [-0.2, 0) is 11.8 Å². The van der Waals surface area contributed by atoms with Gasteiger partial charge in [0.25, 0.3) is 0 Å². The second-order valence-electron chi connectivity index (χ2n) is 6.81. The summed E-state index contributed by atoms with van der Waals surface area (Å²) in [4.78, 5) is 9.33. The summed E-state index contributed by atoms with van der Waals surface area (Å²) in [5.41, 5.74) is 5.24. The normalized spacial score (nSPS) is 10.9. The summed E-state index contributed by atoms with van der Waals surface area (Å²) in [5, 5.41) is 5.59. The van der Waals surface area contributed by atoms with Crippen LogP contribution in [0.3, 0.4) is 0 Å². The first-order valence-electron chi connectivity index (χ1n) is 9.96. The first-order chi connectivity index (χ1) is 14.6. The van der Waals surface area contributed by atoms with Crippen molar-refractivity contribution < 1.29 is 9.47 Å². The summed E-state index contributed by atoms with van der Waals surface area (Å²) in [7, 11) is 1.91. The SMILES string of the molecule is C=C(OCC)c1ccc2nc(OCC)nc(-c3cn(C)nc3-c3ccccc3)c2c1. The van der Waals surface area contributed by atoms with Gasteiger partial charge in [0.2, 0.25) is 0 Å². The van der Waals surface area contributed by atoms with E-state index in [4.69, 9.17) is 19.6 Å². The van der Waals surface area contributed by atoms with Crippen molar-refractivity contribution in [3.05, 3.63) is 66.9 Å². The smallest absolute Gasteiger partial charge is 0.317 e. The van der Waals surface area contributed by atoms with Crippen LogP contribution in [0.4, 0.5) is 0 Å². The third kappa shape index (κ3) is 3.76. The van der Waals surface area contributed by atoms with Gasteiger partial charge in [0.15, 0.2) is 0 Å². The number of hydrogen-bond donors (Lipinski definition) is 0. The molecule has 30 heavy (non-hydrogen) atoms. The van der Waals surface area contributed by atoms with Gasteiger partial charge in [0.1, 0.15) is 11.5 Å². The highest BCUT2D eigenvalue weighted by Crippen LogP contribution is 2.35. The molecular weight excluding hydrogens is 376 g/mol. The molecule has 2 heterocycles. The van der Waals surface area contributed by atoms with E-state index in [2.05, 4.69) is 11.6 Å². The molecule has 0 N–H and O–H groups in total. The maximum atomic E-state index is 5.65.